The van der Waals surface area contributed by atoms with Crippen LogP contribution in [0.4, 0.5) is 5.69 Å². The predicted octanol–water partition coefficient (Wildman–Crippen LogP) is 2.66. The summed E-state index contributed by atoms with van der Waals surface area (Å²) in [6.45, 7) is 2.15. The number of nitrogens with zero attached hydrogens (tertiary/aromatic N) is 1. The van der Waals surface area contributed by atoms with Gasteiger partial charge < -0.3 is 5.32 Å². The van der Waals surface area contributed by atoms with Crippen molar-refractivity contribution < 1.29 is 0 Å². The van der Waals surface area contributed by atoms with E-state index in [4.69, 9.17) is 5.26 Å². The van der Waals surface area contributed by atoms with Crippen LogP contribution in [0.3, 0.4) is 0 Å². The molecule has 2 rings (SSSR count). The van der Waals surface area contributed by atoms with Crippen molar-refractivity contribution >= 4 is 17.4 Å². The lowest BCUT2D eigenvalue weighted by Crippen LogP contribution is -2.23. The number of nitrogens with one attached hydrogen (secondary N) is 1. The monoisotopic (exact) mass is 204 g/mol. The third kappa shape index (κ3) is 1.71. The first-order chi connectivity index (χ1) is 6.83. The standard InChI is InChI=1S/C11H12N2S/c1-2-8-3-4-10-11(5-8)14-7-9(6-12)13-10/h3-5,9,13H,2,7H2,1H3. The van der Waals surface area contributed by atoms with E-state index >= 15 is 0 Å². The summed E-state index contributed by atoms with van der Waals surface area (Å²) in [7, 11) is 0. The van der Waals surface area contributed by atoms with E-state index in [9.17, 15) is 0 Å². The summed E-state index contributed by atoms with van der Waals surface area (Å²) in [5, 5.41) is 12.0. The molecule has 0 saturated carbocycles. The second-order valence-corrected chi connectivity index (χ2v) is 4.38. The molecule has 1 unspecified atom stereocenters. The smallest absolute Gasteiger partial charge is 0.124 e. The van der Waals surface area contributed by atoms with Gasteiger partial charge in [-0.3, -0.25) is 0 Å². The molecule has 1 aromatic rings. The highest BCUT2D eigenvalue weighted by molar-refractivity contribution is 7.99. The van der Waals surface area contributed by atoms with Crippen LogP contribution >= 0.6 is 11.8 Å². The van der Waals surface area contributed by atoms with Crippen molar-refractivity contribution in [3.8, 4) is 6.07 Å². The molecule has 0 amide bonds. The van der Waals surface area contributed by atoms with Gasteiger partial charge in [0.05, 0.1) is 6.07 Å². The molecular weight excluding hydrogens is 192 g/mol. The molecule has 0 radical (unpaired) electrons. The van der Waals surface area contributed by atoms with Gasteiger partial charge in [-0.15, -0.1) is 11.8 Å². The van der Waals surface area contributed by atoms with Gasteiger partial charge in [0.15, 0.2) is 0 Å². The Morgan fingerprint density at radius 2 is 2.50 bits per heavy atom. The Labute approximate surface area is 88.3 Å². The predicted molar refractivity (Wildman–Crippen MR) is 59.6 cm³/mol. The molecule has 0 spiro atoms. The molecule has 0 fully saturated rings. The zero-order valence-electron chi connectivity index (χ0n) is 8.08. The van der Waals surface area contributed by atoms with E-state index in [1.54, 1.807) is 11.8 Å². The molecule has 1 atom stereocenters. The Morgan fingerprint density at radius 3 is 3.21 bits per heavy atom. The van der Waals surface area contributed by atoms with Gasteiger partial charge in [-0.05, 0) is 24.1 Å². The van der Waals surface area contributed by atoms with Gasteiger partial charge in [0.2, 0.25) is 0 Å². The Hall–Kier alpha value is -1.14. The highest BCUT2D eigenvalue weighted by Crippen LogP contribution is 2.33. The number of benzene rings is 1. The van der Waals surface area contributed by atoms with E-state index in [-0.39, 0.29) is 6.04 Å². The maximum atomic E-state index is 8.79. The van der Waals surface area contributed by atoms with Gasteiger partial charge in [0.1, 0.15) is 6.04 Å². The van der Waals surface area contributed by atoms with Gasteiger partial charge in [-0.25, -0.2) is 0 Å². The number of rotatable bonds is 1. The van der Waals surface area contributed by atoms with Crippen molar-refractivity contribution in [2.24, 2.45) is 0 Å². The first-order valence-corrected chi connectivity index (χ1v) is 5.74. The quantitative estimate of drug-likeness (QED) is 0.764. The zero-order valence-corrected chi connectivity index (χ0v) is 8.90. The Kier molecular flexibility index (Phi) is 2.64. The summed E-state index contributed by atoms with van der Waals surface area (Å²) >= 11 is 1.77. The lowest BCUT2D eigenvalue weighted by molar-refractivity contribution is 0.992. The first-order valence-electron chi connectivity index (χ1n) is 4.75. The van der Waals surface area contributed by atoms with E-state index in [0.29, 0.717) is 0 Å². The van der Waals surface area contributed by atoms with E-state index in [0.717, 1.165) is 17.9 Å². The number of aryl methyl sites for hydroxylation is 1. The van der Waals surface area contributed by atoms with Crippen molar-refractivity contribution in [3.05, 3.63) is 23.8 Å². The normalized spacial score (nSPS) is 19.3. The Morgan fingerprint density at radius 1 is 1.64 bits per heavy atom. The van der Waals surface area contributed by atoms with Crippen LogP contribution < -0.4 is 5.32 Å². The summed E-state index contributed by atoms with van der Waals surface area (Å²) in [5.41, 5.74) is 2.46. The van der Waals surface area contributed by atoms with Crippen LogP contribution in [0.5, 0.6) is 0 Å². The fourth-order valence-electron chi connectivity index (χ4n) is 1.50. The number of thioether (sulfide) groups is 1. The molecule has 72 valence electrons. The molecule has 1 aromatic carbocycles. The van der Waals surface area contributed by atoms with Crippen LogP contribution in [0.2, 0.25) is 0 Å². The molecule has 0 aromatic heterocycles. The Balaban J connectivity index is 2.29. The number of anilines is 1. The third-order valence-electron chi connectivity index (χ3n) is 2.35. The van der Waals surface area contributed by atoms with Crippen LogP contribution in [0.15, 0.2) is 23.1 Å². The van der Waals surface area contributed by atoms with Crippen molar-refractivity contribution in [1.82, 2.24) is 0 Å². The van der Waals surface area contributed by atoms with Gasteiger partial charge in [-0.2, -0.15) is 5.26 Å². The van der Waals surface area contributed by atoms with Gasteiger partial charge in [0.25, 0.3) is 0 Å². The van der Waals surface area contributed by atoms with Crippen molar-refractivity contribution in [2.45, 2.75) is 24.3 Å². The molecule has 14 heavy (non-hydrogen) atoms. The third-order valence-corrected chi connectivity index (χ3v) is 3.49. The topological polar surface area (TPSA) is 35.8 Å². The molecule has 1 N–H and O–H groups in total. The highest BCUT2D eigenvalue weighted by atomic mass is 32.2. The summed E-state index contributed by atoms with van der Waals surface area (Å²) in [6.07, 6.45) is 1.06. The van der Waals surface area contributed by atoms with Crippen LogP contribution in [0.25, 0.3) is 0 Å². The summed E-state index contributed by atoms with van der Waals surface area (Å²) < 4.78 is 0. The van der Waals surface area contributed by atoms with Crippen LogP contribution in [-0.2, 0) is 6.42 Å². The van der Waals surface area contributed by atoms with Crippen molar-refractivity contribution in [3.63, 3.8) is 0 Å². The number of hydrogen-bond acceptors (Lipinski definition) is 3. The maximum absolute atomic E-state index is 8.79. The highest BCUT2D eigenvalue weighted by Gasteiger charge is 2.17. The number of fused-ring (bicyclic) bond motifs is 1. The number of nitriles is 1. The minimum atomic E-state index is -0.0417. The van der Waals surface area contributed by atoms with Gasteiger partial charge in [-0.1, -0.05) is 13.0 Å². The van der Waals surface area contributed by atoms with Crippen LogP contribution in [-0.4, -0.2) is 11.8 Å². The Bertz CT molecular complexity index is 381. The largest absolute Gasteiger partial charge is 0.368 e. The van der Waals surface area contributed by atoms with E-state index in [2.05, 4.69) is 36.5 Å². The average molecular weight is 204 g/mol. The van der Waals surface area contributed by atoms with E-state index in [1.807, 2.05) is 0 Å². The second-order valence-electron chi connectivity index (χ2n) is 3.32. The molecule has 3 heteroatoms. The second kappa shape index (κ2) is 3.93. The minimum absolute atomic E-state index is 0.0417. The lowest BCUT2D eigenvalue weighted by atomic mass is 10.1. The van der Waals surface area contributed by atoms with Gasteiger partial charge >= 0.3 is 0 Å². The summed E-state index contributed by atoms with van der Waals surface area (Å²) in [4.78, 5) is 1.27. The molecule has 1 heterocycles. The number of hydrogen-bond donors (Lipinski definition) is 1. The van der Waals surface area contributed by atoms with E-state index < -0.39 is 0 Å². The minimum Gasteiger partial charge on any atom is -0.368 e. The van der Waals surface area contributed by atoms with Crippen LogP contribution in [0.1, 0.15) is 12.5 Å². The van der Waals surface area contributed by atoms with Gasteiger partial charge in [0, 0.05) is 16.3 Å². The first kappa shape index (κ1) is 9.42. The molecule has 0 bridgehead atoms. The molecule has 1 aliphatic rings. The van der Waals surface area contributed by atoms with Crippen LogP contribution in [0, 0.1) is 11.3 Å². The SMILES string of the molecule is CCc1ccc2c(c1)SCC(C#N)N2. The summed E-state index contributed by atoms with van der Waals surface area (Å²) in [5.74, 6) is 0.844. The van der Waals surface area contributed by atoms with Crippen molar-refractivity contribution in [2.75, 3.05) is 11.1 Å². The fourth-order valence-corrected chi connectivity index (χ4v) is 2.52. The molecule has 1 aliphatic heterocycles. The fraction of sp³-hybridized carbons (Fsp3) is 0.364. The average Bonchev–Trinajstić information content (AvgIpc) is 2.27. The maximum Gasteiger partial charge on any atom is 0.124 e. The lowest BCUT2D eigenvalue weighted by Gasteiger charge is -2.22. The molecule has 2 nitrogen and oxygen atoms in total. The molecule has 0 aliphatic carbocycles. The molecule has 0 saturated heterocycles. The van der Waals surface area contributed by atoms with E-state index in [1.165, 1.54) is 10.5 Å². The van der Waals surface area contributed by atoms with Crippen molar-refractivity contribution in [1.29, 1.82) is 5.26 Å². The summed E-state index contributed by atoms with van der Waals surface area (Å²) in [6, 6.07) is 8.60. The zero-order chi connectivity index (χ0) is 9.97. The molecular formula is C11H12N2S.